The Morgan fingerprint density at radius 2 is 1.95 bits per heavy atom. The summed E-state index contributed by atoms with van der Waals surface area (Å²) in [5.41, 5.74) is 1.67. The molecule has 0 amide bonds. The van der Waals surface area contributed by atoms with Crippen molar-refractivity contribution in [3.05, 3.63) is 30.1 Å². The van der Waals surface area contributed by atoms with Crippen LogP contribution in [0.4, 0.5) is 0 Å². The lowest BCUT2D eigenvalue weighted by Crippen LogP contribution is -2.65. The summed E-state index contributed by atoms with van der Waals surface area (Å²) in [6.45, 7) is 12.6. The molecule has 1 aromatic rings. The van der Waals surface area contributed by atoms with Crippen molar-refractivity contribution in [3.8, 4) is 0 Å². The first kappa shape index (κ1) is 16.4. The summed E-state index contributed by atoms with van der Waals surface area (Å²) >= 11 is 0. The molecule has 0 aliphatic carbocycles. The first-order valence-electron chi connectivity index (χ1n) is 8.52. The molecule has 1 aliphatic heterocycles. The molecule has 0 radical (unpaired) electrons. The van der Waals surface area contributed by atoms with Crippen molar-refractivity contribution in [2.75, 3.05) is 13.1 Å². The molecule has 0 saturated carbocycles. The fourth-order valence-electron chi connectivity index (χ4n) is 3.48. The highest BCUT2D eigenvalue weighted by Gasteiger charge is 2.39. The number of rotatable bonds is 6. The maximum Gasteiger partial charge on any atom is 0.0333 e. The van der Waals surface area contributed by atoms with E-state index in [1.807, 2.05) is 12.4 Å². The molecular weight excluding hydrogens is 258 g/mol. The number of nitrogens with one attached hydrogen (secondary N) is 1. The van der Waals surface area contributed by atoms with Crippen molar-refractivity contribution in [1.82, 2.24) is 15.2 Å². The molecule has 2 heterocycles. The second-order valence-corrected chi connectivity index (χ2v) is 6.54. The van der Waals surface area contributed by atoms with E-state index in [4.69, 9.17) is 0 Å². The summed E-state index contributed by atoms with van der Waals surface area (Å²) < 4.78 is 0. The average molecular weight is 289 g/mol. The van der Waals surface area contributed by atoms with Crippen LogP contribution in [-0.4, -0.2) is 34.6 Å². The fourth-order valence-corrected chi connectivity index (χ4v) is 3.48. The summed E-state index contributed by atoms with van der Waals surface area (Å²) in [5, 5.41) is 3.82. The average Bonchev–Trinajstić information content (AvgIpc) is 2.55. The van der Waals surface area contributed by atoms with Crippen LogP contribution in [-0.2, 0) is 6.54 Å². The molecule has 1 fully saturated rings. The van der Waals surface area contributed by atoms with Gasteiger partial charge in [0, 0.05) is 43.6 Å². The third-order valence-electron chi connectivity index (χ3n) is 5.55. The van der Waals surface area contributed by atoms with Gasteiger partial charge in [0.2, 0.25) is 0 Å². The van der Waals surface area contributed by atoms with Gasteiger partial charge < -0.3 is 5.32 Å². The predicted molar refractivity (Wildman–Crippen MR) is 89.2 cm³/mol. The maximum atomic E-state index is 4.14. The maximum absolute atomic E-state index is 4.14. The number of hydrogen-bond donors (Lipinski definition) is 1. The number of piperazine rings is 1. The SMILES string of the molecule is CCC(C)C1CN(Cc2ccncc2)C(CC)(CC)CN1. The number of pyridine rings is 1. The quantitative estimate of drug-likeness (QED) is 0.869. The lowest BCUT2D eigenvalue weighted by molar-refractivity contribution is 0.0136. The summed E-state index contributed by atoms with van der Waals surface area (Å²) in [6, 6.07) is 4.91. The molecule has 0 aromatic carbocycles. The van der Waals surface area contributed by atoms with Gasteiger partial charge in [-0.1, -0.05) is 34.1 Å². The lowest BCUT2D eigenvalue weighted by atomic mass is 9.84. The largest absolute Gasteiger partial charge is 0.311 e. The Morgan fingerprint density at radius 1 is 1.29 bits per heavy atom. The van der Waals surface area contributed by atoms with Gasteiger partial charge in [-0.25, -0.2) is 0 Å². The minimum Gasteiger partial charge on any atom is -0.311 e. The fraction of sp³-hybridized carbons (Fsp3) is 0.722. The Labute approximate surface area is 130 Å². The molecule has 1 saturated heterocycles. The molecule has 0 bridgehead atoms. The summed E-state index contributed by atoms with van der Waals surface area (Å²) in [6.07, 6.45) is 7.46. The minimum atomic E-state index is 0.299. The predicted octanol–water partition coefficient (Wildman–Crippen LogP) is 3.46. The summed E-state index contributed by atoms with van der Waals surface area (Å²) in [4.78, 5) is 6.86. The summed E-state index contributed by atoms with van der Waals surface area (Å²) in [5.74, 6) is 0.733. The van der Waals surface area contributed by atoms with E-state index in [1.54, 1.807) is 0 Å². The Bertz CT molecular complexity index is 414. The van der Waals surface area contributed by atoms with Crippen molar-refractivity contribution in [1.29, 1.82) is 0 Å². The third kappa shape index (κ3) is 3.64. The van der Waals surface area contributed by atoms with E-state index in [0.29, 0.717) is 11.6 Å². The van der Waals surface area contributed by atoms with Gasteiger partial charge in [-0.05, 0) is 36.5 Å². The molecule has 118 valence electrons. The summed E-state index contributed by atoms with van der Waals surface area (Å²) in [7, 11) is 0. The van der Waals surface area contributed by atoms with Crippen LogP contribution in [0.25, 0.3) is 0 Å². The smallest absolute Gasteiger partial charge is 0.0333 e. The van der Waals surface area contributed by atoms with Crippen LogP contribution in [0.1, 0.15) is 52.5 Å². The molecule has 2 rings (SSSR count). The van der Waals surface area contributed by atoms with Crippen molar-refractivity contribution < 1.29 is 0 Å². The highest BCUT2D eigenvalue weighted by atomic mass is 15.3. The van der Waals surface area contributed by atoms with Gasteiger partial charge in [0.15, 0.2) is 0 Å². The topological polar surface area (TPSA) is 28.2 Å². The molecule has 0 spiro atoms. The molecule has 1 aliphatic rings. The first-order chi connectivity index (χ1) is 10.1. The van der Waals surface area contributed by atoms with Crippen LogP contribution < -0.4 is 5.32 Å². The van der Waals surface area contributed by atoms with Crippen molar-refractivity contribution in [2.45, 2.75) is 65.1 Å². The van der Waals surface area contributed by atoms with Gasteiger partial charge in [0.1, 0.15) is 0 Å². The van der Waals surface area contributed by atoms with E-state index in [2.05, 4.69) is 55.0 Å². The van der Waals surface area contributed by atoms with Gasteiger partial charge in [-0.2, -0.15) is 0 Å². The third-order valence-corrected chi connectivity index (χ3v) is 5.55. The molecular formula is C18H31N3. The van der Waals surface area contributed by atoms with Crippen molar-refractivity contribution in [3.63, 3.8) is 0 Å². The Hall–Kier alpha value is -0.930. The highest BCUT2D eigenvalue weighted by Crippen LogP contribution is 2.30. The lowest BCUT2D eigenvalue weighted by Gasteiger charge is -2.51. The zero-order chi connectivity index (χ0) is 15.3. The number of hydrogen-bond acceptors (Lipinski definition) is 3. The Kier molecular flexibility index (Phi) is 5.77. The van der Waals surface area contributed by atoms with Crippen LogP contribution in [0.5, 0.6) is 0 Å². The van der Waals surface area contributed by atoms with Gasteiger partial charge in [0.05, 0.1) is 0 Å². The molecule has 2 unspecified atom stereocenters. The van der Waals surface area contributed by atoms with Gasteiger partial charge in [-0.15, -0.1) is 0 Å². The zero-order valence-electron chi connectivity index (χ0n) is 14.1. The van der Waals surface area contributed by atoms with Crippen molar-refractivity contribution in [2.24, 2.45) is 5.92 Å². The van der Waals surface area contributed by atoms with Crippen LogP contribution >= 0.6 is 0 Å². The van der Waals surface area contributed by atoms with E-state index in [9.17, 15) is 0 Å². The minimum absolute atomic E-state index is 0.299. The van der Waals surface area contributed by atoms with E-state index in [0.717, 1.165) is 25.6 Å². The number of aromatic nitrogens is 1. The Balaban J connectivity index is 2.16. The van der Waals surface area contributed by atoms with Crippen LogP contribution in [0.2, 0.25) is 0 Å². The highest BCUT2D eigenvalue weighted by molar-refractivity contribution is 5.11. The van der Waals surface area contributed by atoms with Gasteiger partial charge in [0.25, 0.3) is 0 Å². The van der Waals surface area contributed by atoms with Crippen molar-refractivity contribution >= 4 is 0 Å². The standard InChI is InChI=1S/C18H31N3/c1-5-15(4)17-13-21(12-16-8-10-19-11-9-16)18(6-2,7-3)14-20-17/h8-11,15,17,20H,5-7,12-14H2,1-4H3. The molecule has 2 atom stereocenters. The van der Waals surface area contributed by atoms with Gasteiger partial charge >= 0.3 is 0 Å². The van der Waals surface area contributed by atoms with Crippen LogP contribution in [0.15, 0.2) is 24.5 Å². The molecule has 21 heavy (non-hydrogen) atoms. The second kappa shape index (κ2) is 7.37. The van der Waals surface area contributed by atoms with E-state index in [1.165, 1.54) is 24.8 Å². The number of nitrogens with zero attached hydrogens (tertiary/aromatic N) is 2. The Morgan fingerprint density at radius 3 is 2.52 bits per heavy atom. The normalized spacial score (nSPS) is 23.9. The van der Waals surface area contributed by atoms with Gasteiger partial charge in [-0.3, -0.25) is 9.88 Å². The van der Waals surface area contributed by atoms with Crippen LogP contribution in [0.3, 0.4) is 0 Å². The molecule has 1 aromatic heterocycles. The van der Waals surface area contributed by atoms with E-state index in [-0.39, 0.29) is 0 Å². The molecule has 3 heteroatoms. The van der Waals surface area contributed by atoms with Crippen LogP contribution in [0, 0.1) is 5.92 Å². The second-order valence-electron chi connectivity index (χ2n) is 6.54. The first-order valence-corrected chi connectivity index (χ1v) is 8.52. The monoisotopic (exact) mass is 289 g/mol. The van der Waals surface area contributed by atoms with E-state index < -0.39 is 0 Å². The zero-order valence-corrected chi connectivity index (χ0v) is 14.1. The molecule has 3 nitrogen and oxygen atoms in total. The van der Waals surface area contributed by atoms with E-state index >= 15 is 0 Å². The molecule has 1 N–H and O–H groups in total.